The van der Waals surface area contributed by atoms with Crippen LogP contribution in [0.5, 0.6) is 5.75 Å². The number of alkyl halides is 3. The molecule has 0 saturated heterocycles. The molecule has 0 fully saturated rings. The fraction of sp³-hybridized carbons (Fsp3) is 0.111. The molecule has 0 aliphatic carbocycles. The van der Waals surface area contributed by atoms with Gasteiger partial charge in [-0.1, -0.05) is 88.7 Å². The Kier molecular flexibility index (Phi) is 6.86. The fourth-order valence-corrected chi connectivity index (χ4v) is 3.91. The molecule has 4 rings (SSSR count). The van der Waals surface area contributed by atoms with Crippen LogP contribution < -0.4 is 4.74 Å². The molecule has 4 aromatic carbocycles. The molecular weight excluding hydrogens is 493 g/mol. The number of ether oxygens (including phenoxy) is 2. The standard InChI is InChI=1S/C27H20BrF3O2/c28-24-14-8-12-22(18-24)26(21-10-3-1-4-11-21,33-25-15-5-2-6-16-25)32-19-20-9-7-13-23(17-20)27(29,30)31/h1-18H,19H2. The minimum atomic E-state index is -4.43. The third kappa shape index (κ3) is 5.46. The van der Waals surface area contributed by atoms with E-state index in [1.54, 1.807) is 6.07 Å². The minimum Gasteiger partial charge on any atom is -0.454 e. The van der Waals surface area contributed by atoms with Gasteiger partial charge in [-0.15, -0.1) is 0 Å². The van der Waals surface area contributed by atoms with Crippen molar-refractivity contribution < 1.29 is 22.6 Å². The van der Waals surface area contributed by atoms with Gasteiger partial charge in [-0.2, -0.15) is 13.2 Å². The highest BCUT2D eigenvalue weighted by molar-refractivity contribution is 9.10. The van der Waals surface area contributed by atoms with Gasteiger partial charge < -0.3 is 9.47 Å². The molecule has 0 aliphatic rings. The van der Waals surface area contributed by atoms with Crippen molar-refractivity contribution in [3.05, 3.63) is 136 Å². The van der Waals surface area contributed by atoms with Crippen LogP contribution in [0.2, 0.25) is 0 Å². The first-order valence-corrected chi connectivity index (χ1v) is 11.0. The third-order valence-corrected chi connectivity index (χ3v) is 5.55. The SMILES string of the molecule is FC(F)(F)c1cccc(COC(Oc2ccccc2)(c2ccccc2)c2cccc(Br)c2)c1. The van der Waals surface area contributed by atoms with Crippen LogP contribution in [0.25, 0.3) is 0 Å². The summed E-state index contributed by atoms with van der Waals surface area (Å²) in [6.45, 7) is -0.0990. The van der Waals surface area contributed by atoms with Crippen molar-refractivity contribution in [2.45, 2.75) is 18.6 Å². The predicted octanol–water partition coefficient (Wildman–Crippen LogP) is 7.96. The number of hydrogen-bond donors (Lipinski definition) is 0. The molecule has 33 heavy (non-hydrogen) atoms. The summed E-state index contributed by atoms with van der Waals surface area (Å²) >= 11 is 3.50. The second-order valence-corrected chi connectivity index (χ2v) is 8.31. The number of hydrogen-bond acceptors (Lipinski definition) is 2. The van der Waals surface area contributed by atoms with Gasteiger partial charge in [-0.25, -0.2) is 0 Å². The van der Waals surface area contributed by atoms with E-state index in [1.165, 1.54) is 6.07 Å². The molecule has 2 nitrogen and oxygen atoms in total. The summed E-state index contributed by atoms with van der Waals surface area (Å²) in [5.74, 6) is -0.842. The quantitative estimate of drug-likeness (QED) is 0.234. The van der Waals surface area contributed by atoms with Gasteiger partial charge in [-0.05, 0) is 42.0 Å². The molecule has 0 spiro atoms. The fourth-order valence-electron chi connectivity index (χ4n) is 3.51. The predicted molar refractivity (Wildman–Crippen MR) is 125 cm³/mol. The van der Waals surface area contributed by atoms with Crippen LogP contribution in [0.1, 0.15) is 22.3 Å². The molecule has 0 radical (unpaired) electrons. The Bertz CT molecular complexity index is 1200. The topological polar surface area (TPSA) is 18.5 Å². The summed E-state index contributed by atoms with van der Waals surface area (Å²) in [7, 11) is 0. The van der Waals surface area contributed by atoms with E-state index >= 15 is 0 Å². The Balaban J connectivity index is 1.81. The van der Waals surface area contributed by atoms with E-state index in [9.17, 15) is 13.2 Å². The molecule has 168 valence electrons. The number of rotatable bonds is 7. The monoisotopic (exact) mass is 512 g/mol. The molecule has 0 heterocycles. The van der Waals surface area contributed by atoms with Gasteiger partial charge >= 0.3 is 6.18 Å². The van der Waals surface area contributed by atoms with E-state index in [4.69, 9.17) is 9.47 Å². The van der Waals surface area contributed by atoms with Crippen molar-refractivity contribution in [2.75, 3.05) is 0 Å². The van der Waals surface area contributed by atoms with E-state index < -0.39 is 17.5 Å². The molecule has 0 amide bonds. The Morgan fingerprint density at radius 3 is 1.91 bits per heavy atom. The second kappa shape index (κ2) is 9.81. The van der Waals surface area contributed by atoms with Gasteiger partial charge in [0.25, 0.3) is 5.79 Å². The smallest absolute Gasteiger partial charge is 0.416 e. The first-order chi connectivity index (χ1) is 15.9. The zero-order chi connectivity index (χ0) is 23.3. The molecule has 0 saturated carbocycles. The maximum Gasteiger partial charge on any atom is 0.416 e. The van der Waals surface area contributed by atoms with Crippen LogP contribution in [-0.2, 0) is 23.3 Å². The zero-order valence-electron chi connectivity index (χ0n) is 17.4. The van der Waals surface area contributed by atoms with Crippen LogP contribution in [0, 0.1) is 0 Å². The van der Waals surface area contributed by atoms with Crippen LogP contribution in [0.4, 0.5) is 13.2 Å². The van der Waals surface area contributed by atoms with Gasteiger partial charge in [-0.3, -0.25) is 0 Å². The average molecular weight is 513 g/mol. The Hall–Kier alpha value is -3.09. The lowest BCUT2D eigenvalue weighted by Crippen LogP contribution is -2.37. The van der Waals surface area contributed by atoms with Crippen LogP contribution in [0.15, 0.2) is 114 Å². The van der Waals surface area contributed by atoms with E-state index in [2.05, 4.69) is 15.9 Å². The molecule has 4 aromatic rings. The van der Waals surface area contributed by atoms with Gasteiger partial charge in [0.05, 0.1) is 12.2 Å². The summed E-state index contributed by atoms with van der Waals surface area (Å²) in [5, 5.41) is 0. The maximum atomic E-state index is 13.2. The summed E-state index contributed by atoms with van der Waals surface area (Å²) in [5.41, 5.74) is 1.06. The Morgan fingerprint density at radius 2 is 1.24 bits per heavy atom. The second-order valence-electron chi connectivity index (χ2n) is 7.39. The number of halogens is 4. The van der Waals surface area contributed by atoms with Gasteiger partial charge in [0.1, 0.15) is 5.75 Å². The lowest BCUT2D eigenvalue weighted by molar-refractivity contribution is -0.169. The highest BCUT2D eigenvalue weighted by Crippen LogP contribution is 2.38. The van der Waals surface area contributed by atoms with E-state index in [0.29, 0.717) is 22.4 Å². The zero-order valence-corrected chi connectivity index (χ0v) is 19.0. The first kappa shape index (κ1) is 23.1. The largest absolute Gasteiger partial charge is 0.454 e. The Morgan fingerprint density at radius 1 is 0.636 bits per heavy atom. The van der Waals surface area contributed by atoms with Crippen molar-refractivity contribution in [3.8, 4) is 5.75 Å². The van der Waals surface area contributed by atoms with Gasteiger partial charge in [0.2, 0.25) is 0 Å². The van der Waals surface area contributed by atoms with Crippen LogP contribution >= 0.6 is 15.9 Å². The lowest BCUT2D eigenvalue weighted by atomic mass is 9.96. The van der Waals surface area contributed by atoms with E-state index in [1.807, 2.05) is 84.9 Å². The summed E-state index contributed by atoms with van der Waals surface area (Å²) in [6, 6.07) is 31.1. The summed E-state index contributed by atoms with van der Waals surface area (Å²) in [6.07, 6.45) is -4.43. The lowest BCUT2D eigenvalue weighted by Gasteiger charge is -2.35. The normalized spacial score (nSPS) is 13.3. The van der Waals surface area contributed by atoms with Crippen molar-refractivity contribution >= 4 is 15.9 Å². The van der Waals surface area contributed by atoms with Gasteiger partial charge in [0, 0.05) is 15.6 Å². The average Bonchev–Trinajstić information content (AvgIpc) is 2.83. The highest BCUT2D eigenvalue weighted by atomic mass is 79.9. The van der Waals surface area contributed by atoms with Crippen molar-refractivity contribution in [1.82, 2.24) is 0 Å². The highest BCUT2D eigenvalue weighted by Gasteiger charge is 2.39. The molecule has 1 unspecified atom stereocenters. The third-order valence-electron chi connectivity index (χ3n) is 5.06. The van der Waals surface area contributed by atoms with Crippen molar-refractivity contribution in [1.29, 1.82) is 0 Å². The van der Waals surface area contributed by atoms with E-state index in [0.717, 1.165) is 16.6 Å². The molecular formula is C27H20BrF3O2. The van der Waals surface area contributed by atoms with Gasteiger partial charge in [0.15, 0.2) is 0 Å². The molecule has 0 N–H and O–H groups in total. The molecule has 1 atom stereocenters. The maximum absolute atomic E-state index is 13.2. The van der Waals surface area contributed by atoms with Crippen LogP contribution in [0.3, 0.4) is 0 Å². The van der Waals surface area contributed by atoms with E-state index in [-0.39, 0.29) is 6.61 Å². The summed E-state index contributed by atoms with van der Waals surface area (Å²) < 4.78 is 53.4. The van der Waals surface area contributed by atoms with Crippen LogP contribution in [-0.4, -0.2) is 0 Å². The first-order valence-electron chi connectivity index (χ1n) is 10.2. The minimum absolute atomic E-state index is 0.0990. The Labute approximate surface area is 198 Å². The van der Waals surface area contributed by atoms with Crippen molar-refractivity contribution in [3.63, 3.8) is 0 Å². The number of benzene rings is 4. The molecule has 0 aromatic heterocycles. The summed E-state index contributed by atoms with van der Waals surface area (Å²) in [4.78, 5) is 0. The molecule has 0 aliphatic heterocycles. The molecule has 0 bridgehead atoms. The number of para-hydroxylation sites is 1. The van der Waals surface area contributed by atoms with Crippen molar-refractivity contribution in [2.24, 2.45) is 0 Å². The molecule has 6 heteroatoms.